The molecule has 2 aliphatic heterocycles. The topological polar surface area (TPSA) is 65.0 Å². The van der Waals surface area contributed by atoms with Crippen molar-refractivity contribution in [3.05, 3.63) is 0 Å². The average molecular weight is 571 g/mol. The highest BCUT2D eigenvalue weighted by molar-refractivity contribution is 4.92. The maximum Gasteiger partial charge on any atom is 0.0200 e. The molecule has 2 fully saturated rings. The highest BCUT2D eigenvalue weighted by Crippen LogP contribution is 2.26. The Morgan fingerprint density at radius 2 is 0.600 bits per heavy atom. The number of hydrogen-bond acceptors (Lipinski definition) is 6. The van der Waals surface area contributed by atoms with Crippen LogP contribution in [0.15, 0.2) is 0 Å². The van der Waals surface area contributed by atoms with Crippen LogP contribution in [0.1, 0.15) is 138 Å². The van der Waals surface area contributed by atoms with Gasteiger partial charge >= 0.3 is 0 Å². The lowest BCUT2D eigenvalue weighted by molar-refractivity contribution is -0.0153. The second-order valence-electron chi connectivity index (χ2n) is 18.4. The van der Waals surface area contributed by atoms with Gasteiger partial charge in [-0.15, -0.1) is 0 Å². The van der Waals surface area contributed by atoms with Crippen LogP contribution in [0.4, 0.5) is 0 Å². The first-order valence-corrected chi connectivity index (χ1v) is 15.9. The number of piperazine rings is 2. The molecule has 2 aliphatic rings. The summed E-state index contributed by atoms with van der Waals surface area (Å²) < 4.78 is 0. The zero-order valence-corrected chi connectivity index (χ0v) is 31.3. The molecule has 244 valence electrons. The standard InChI is InChI=1S/2C13H28N2.2C4H11N/c2*1-11-10-14(12(2,3)4)8-9-15(11)13(5,6)7;2*1-4(2,3)5/h2*11H,8-10H2,1-7H3;2*5H2,1-3H3/t2*11-;;/m00../s1. The van der Waals surface area contributed by atoms with Gasteiger partial charge in [-0.2, -0.15) is 0 Å². The molecule has 0 bridgehead atoms. The number of hydrogen-bond donors (Lipinski definition) is 2. The molecule has 40 heavy (non-hydrogen) atoms. The highest BCUT2D eigenvalue weighted by Gasteiger charge is 2.35. The molecule has 0 radical (unpaired) electrons. The van der Waals surface area contributed by atoms with E-state index in [2.05, 4.69) is 117 Å². The molecule has 6 heteroatoms. The minimum atomic E-state index is 0. The molecule has 6 nitrogen and oxygen atoms in total. The third kappa shape index (κ3) is 20.6. The van der Waals surface area contributed by atoms with Crippen molar-refractivity contribution in [3.63, 3.8) is 0 Å². The van der Waals surface area contributed by atoms with E-state index in [1.54, 1.807) is 0 Å². The summed E-state index contributed by atoms with van der Waals surface area (Å²) in [5.74, 6) is 0. The number of nitrogens with zero attached hydrogens (tertiary/aromatic N) is 4. The molecule has 0 aromatic carbocycles. The molecule has 2 atom stereocenters. The molecule has 0 saturated carbocycles. The van der Waals surface area contributed by atoms with Crippen molar-refractivity contribution in [2.24, 2.45) is 11.5 Å². The lowest BCUT2D eigenvalue weighted by Crippen LogP contribution is -2.61. The van der Waals surface area contributed by atoms with Gasteiger partial charge in [0.05, 0.1) is 0 Å². The summed E-state index contributed by atoms with van der Waals surface area (Å²) in [5, 5.41) is 0. The normalized spacial score (nSPS) is 23.2. The predicted molar refractivity (Wildman–Crippen MR) is 182 cm³/mol. The molecule has 0 aliphatic carbocycles. The van der Waals surface area contributed by atoms with E-state index in [-0.39, 0.29) is 11.1 Å². The van der Waals surface area contributed by atoms with Crippen molar-refractivity contribution in [2.45, 2.75) is 184 Å². The Kier molecular flexibility index (Phi) is 16.2. The Labute approximate surface area is 254 Å². The lowest BCUT2D eigenvalue weighted by Gasteiger charge is -2.50. The first kappa shape index (κ1) is 41.9. The summed E-state index contributed by atoms with van der Waals surface area (Å²) in [5.41, 5.74) is 12.0. The number of nitrogens with two attached hydrogens (primary N) is 2. The number of rotatable bonds is 0. The summed E-state index contributed by atoms with van der Waals surface area (Å²) in [6.07, 6.45) is 0. The van der Waals surface area contributed by atoms with Gasteiger partial charge < -0.3 is 11.5 Å². The summed E-state index contributed by atoms with van der Waals surface area (Å²) in [6, 6.07) is 1.33. The van der Waals surface area contributed by atoms with Crippen LogP contribution in [-0.4, -0.2) is 104 Å². The van der Waals surface area contributed by atoms with E-state index in [9.17, 15) is 0 Å². The van der Waals surface area contributed by atoms with Crippen LogP contribution in [0, 0.1) is 0 Å². The zero-order valence-electron chi connectivity index (χ0n) is 31.3. The second-order valence-corrected chi connectivity index (χ2v) is 18.4. The molecule has 2 rings (SSSR count). The van der Waals surface area contributed by atoms with Crippen LogP contribution < -0.4 is 11.5 Å². The Morgan fingerprint density at radius 3 is 0.725 bits per heavy atom. The van der Waals surface area contributed by atoms with Crippen LogP contribution >= 0.6 is 0 Å². The van der Waals surface area contributed by atoms with Crippen molar-refractivity contribution in [2.75, 3.05) is 39.3 Å². The third-order valence-corrected chi connectivity index (χ3v) is 6.88. The molecule has 0 spiro atoms. The van der Waals surface area contributed by atoms with E-state index in [1.807, 2.05) is 41.5 Å². The highest BCUT2D eigenvalue weighted by atomic mass is 15.3. The largest absolute Gasteiger partial charge is 0.326 e. The third-order valence-electron chi connectivity index (χ3n) is 6.88. The first-order chi connectivity index (χ1) is 17.2. The van der Waals surface area contributed by atoms with E-state index in [4.69, 9.17) is 11.5 Å². The molecule has 0 amide bonds. The molecule has 4 N–H and O–H groups in total. The van der Waals surface area contributed by atoms with Crippen LogP contribution in [-0.2, 0) is 0 Å². The maximum absolute atomic E-state index is 5.35. The smallest absolute Gasteiger partial charge is 0.0200 e. The van der Waals surface area contributed by atoms with Gasteiger partial charge in [0, 0.05) is 84.6 Å². The average Bonchev–Trinajstić information content (AvgIpc) is 2.62. The van der Waals surface area contributed by atoms with Crippen molar-refractivity contribution >= 4 is 0 Å². The fraction of sp³-hybridized carbons (Fsp3) is 1.00. The first-order valence-electron chi connectivity index (χ1n) is 15.9. The van der Waals surface area contributed by atoms with Gasteiger partial charge in [0.2, 0.25) is 0 Å². The summed E-state index contributed by atoms with van der Waals surface area (Å²) >= 11 is 0. The fourth-order valence-electron chi connectivity index (χ4n) is 5.13. The molecule has 0 aromatic rings. The Hall–Kier alpha value is -0.240. The van der Waals surface area contributed by atoms with E-state index >= 15 is 0 Å². The summed E-state index contributed by atoms with van der Waals surface area (Å²) in [7, 11) is 0. The van der Waals surface area contributed by atoms with E-state index in [0.717, 1.165) is 0 Å². The Balaban J connectivity index is 0. The van der Waals surface area contributed by atoms with Gasteiger partial charge in [0.1, 0.15) is 0 Å². The van der Waals surface area contributed by atoms with E-state index in [1.165, 1.54) is 39.3 Å². The van der Waals surface area contributed by atoms with E-state index in [0.29, 0.717) is 34.2 Å². The fourth-order valence-corrected chi connectivity index (χ4v) is 5.13. The van der Waals surface area contributed by atoms with Gasteiger partial charge in [-0.3, -0.25) is 19.6 Å². The van der Waals surface area contributed by atoms with Crippen LogP contribution in [0.3, 0.4) is 0 Å². The maximum atomic E-state index is 5.35. The van der Waals surface area contributed by atoms with Gasteiger partial charge in [0.15, 0.2) is 0 Å². The zero-order chi connectivity index (χ0) is 32.7. The van der Waals surface area contributed by atoms with E-state index < -0.39 is 0 Å². The summed E-state index contributed by atoms with van der Waals surface area (Å²) in [6.45, 7) is 51.4. The molecular weight excluding hydrogens is 492 g/mol. The Bertz CT molecular complexity index is 604. The SMILES string of the molecule is CC(C)(C)N.CC(C)(C)N.C[C@H]1CN(C(C)(C)C)CCN1C(C)(C)C.C[C@H]1CN(C(C)(C)C)CCN1C(C)(C)C. The van der Waals surface area contributed by atoms with Crippen molar-refractivity contribution < 1.29 is 0 Å². The molecule has 0 unspecified atom stereocenters. The van der Waals surface area contributed by atoms with Gasteiger partial charge in [-0.25, -0.2) is 0 Å². The Morgan fingerprint density at radius 1 is 0.400 bits per heavy atom. The molecule has 2 heterocycles. The summed E-state index contributed by atoms with van der Waals surface area (Å²) in [4.78, 5) is 10.4. The lowest BCUT2D eigenvalue weighted by atomic mass is 9.97. The van der Waals surface area contributed by atoms with Crippen LogP contribution in [0.25, 0.3) is 0 Å². The van der Waals surface area contributed by atoms with Crippen LogP contribution in [0.2, 0.25) is 0 Å². The van der Waals surface area contributed by atoms with Crippen LogP contribution in [0.5, 0.6) is 0 Å². The minimum Gasteiger partial charge on any atom is -0.326 e. The van der Waals surface area contributed by atoms with Crippen molar-refractivity contribution in [1.29, 1.82) is 0 Å². The molecule has 2 saturated heterocycles. The minimum absolute atomic E-state index is 0. The quantitative estimate of drug-likeness (QED) is 0.339. The molecular formula is C34H78N6. The molecule has 0 aromatic heterocycles. The van der Waals surface area contributed by atoms with Gasteiger partial charge in [-0.05, 0) is 138 Å². The van der Waals surface area contributed by atoms with Gasteiger partial charge in [-0.1, -0.05) is 0 Å². The van der Waals surface area contributed by atoms with Crippen molar-refractivity contribution in [3.8, 4) is 0 Å². The second kappa shape index (κ2) is 15.5. The van der Waals surface area contributed by atoms with Crippen molar-refractivity contribution in [1.82, 2.24) is 19.6 Å². The van der Waals surface area contributed by atoms with Gasteiger partial charge in [0.25, 0.3) is 0 Å². The predicted octanol–water partition coefficient (Wildman–Crippen LogP) is 6.67. The monoisotopic (exact) mass is 571 g/mol.